The summed E-state index contributed by atoms with van der Waals surface area (Å²) in [6, 6.07) is 14.9. The highest BCUT2D eigenvalue weighted by molar-refractivity contribution is 7.99. The van der Waals surface area contributed by atoms with Crippen LogP contribution in [0.4, 0.5) is 10.1 Å². The van der Waals surface area contributed by atoms with Crippen molar-refractivity contribution >= 4 is 28.4 Å². The van der Waals surface area contributed by atoms with Crippen molar-refractivity contribution in [3.63, 3.8) is 0 Å². The molecule has 3 nitrogen and oxygen atoms in total. The van der Waals surface area contributed by atoms with Crippen LogP contribution in [0, 0.1) is 5.82 Å². The van der Waals surface area contributed by atoms with E-state index in [2.05, 4.69) is 22.4 Å². The molecule has 2 N–H and O–H groups in total. The van der Waals surface area contributed by atoms with Gasteiger partial charge in [-0.05, 0) is 54.4 Å². The van der Waals surface area contributed by atoms with Crippen LogP contribution in [0.1, 0.15) is 12.0 Å². The maximum Gasteiger partial charge on any atom is 0.132 e. The second-order valence-corrected chi connectivity index (χ2v) is 6.58. The van der Waals surface area contributed by atoms with Gasteiger partial charge in [0, 0.05) is 41.1 Å². The largest absolute Gasteiger partial charge is 0.396 e. The minimum absolute atomic E-state index is 0.228. The Bertz CT molecular complexity index is 808. The fourth-order valence-corrected chi connectivity index (χ4v) is 3.30. The summed E-state index contributed by atoms with van der Waals surface area (Å²) in [6.45, 7) is 0.817. The van der Waals surface area contributed by atoms with Crippen LogP contribution < -0.4 is 5.32 Å². The first-order valence-corrected chi connectivity index (χ1v) is 8.86. The van der Waals surface area contributed by atoms with Crippen molar-refractivity contribution in [2.75, 3.05) is 17.7 Å². The number of rotatable bonds is 7. The number of nitrogens with zero attached hydrogens (tertiary/aromatic N) is 1. The van der Waals surface area contributed by atoms with E-state index in [1.807, 2.05) is 12.1 Å². The van der Waals surface area contributed by atoms with Crippen LogP contribution >= 0.6 is 11.8 Å². The molecule has 0 spiro atoms. The highest BCUT2D eigenvalue weighted by Gasteiger charge is 2.06. The zero-order valence-corrected chi connectivity index (χ0v) is 14.0. The predicted octanol–water partition coefficient (Wildman–Crippen LogP) is 4.46. The summed E-state index contributed by atoms with van der Waals surface area (Å²) in [6.07, 6.45) is 2.49. The van der Waals surface area contributed by atoms with Gasteiger partial charge < -0.3 is 10.4 Å². The van der Waals surface area contributed by atoms with Crippen molar-refractivity contribution < 1.29 is 9.50 Å². The summed E-state index contributed by atoms with van der Waals surface area (Å²) in [4.78, 5) is 5.49. The molecule has 124 valence electrons. The number of thioether (sulfide) groups is 1. The molecule has 1 aromatic heterocycles. The molecule has 0 aliphatic rings. The molecular formula is C19H19FN2OS. The third-order valence-electron chi connectivity index (χ3n) is 3.71. The van der Waals surface area contributed by atoms with E-state index in [1.54, 1.807) is 36.2 Å². The predicted molar refractivity (Wildman–Crippen MR) is 97.9 cm³/mol. The number of halogens is 1. The average molecular weight is 342 g/mol. The van der Waals surface area contributed by atoms with Gasteiger partial charge in [-0.1, -0.05) is 6.07 Å². The molecule has 0 amide bonds. The van der Waals surface area contributed by atoms with E-state index < -0.39 is 0 Å². The number of aliphatic hydroxyl groups is 1. The summed E-state index contributed by atoms with van der Waals surface area (Å²) in [5, 5.41) is 12.7. The van der Waals surface area contributed by atoms with E-state index in [-0.39, 0.29) is 12.4 Å². The molecule has 0 atom stereocenters. The number of hydrogen-bond acceptors (Lipinski definition) is 4. The Kier molecular flexibility index (Phi) is 5.67. The molecule has 1 heterocycles. The SMILES string of the molecule is OCCCSc1ccc(NCc2ccc(F)c3cccnc23)cc1. The number of aromatic nitrogens is 1. The number of anilines is 1. The second kappa shape index (κ2) is 8.13. The van der Waals surface area contributed by atoms with E-state index in [9.17, 15) is 4.39 Å². The van der Waals surface area contributed by atoms with Gasteiger partial charge >= 0.3 is 0 Å². The summed E-state index contributed by atoms with van der Waals surface area (Å²) in [5.41, 5.74) is 2.67. The van der Waals surface area contributed by atoms with Crippen molar-refractivity contribution in [3.05, 3.63) is 66.1 Å². The third-order valence-corrected chi connectivity index (χ3v) is 4.81. The van der Waals surface area contributed by atoms with Gasteiger partial charge in [-0.2, -0.15) is 0 Å². The number of aliphatic hydroxyl groups excluding tert-OH is 1. The smallest absolute Gasteiger partial charge is 0.132 e. The van der Waals surface area contributed by atoms with Gasteiger partial charge in [0.25, 0.3) is 0 Å². The van der Waals surface area contributed by atoms with E-state index in [4.69, 9.17) is 5.11 Å². The Morgan fingerprint density at radius 1 is 1.08 bits per heavy atom. The van der Waals surface area contributed by atoms with E-state index in [0.717, 1.165) is 23.4 Å². The van der Waals surface area contributed by atoms with Gasteiger partial charge in [0.15, 0.2) is 0 Å². The van der Waals surface area contributed by atoms with Gasteiger partial charge in [0.2, 0.25) is 0 Å². The van der Waals surface area contributed by atoms with E-state index in [1.165, 1.54) is 11.0 Å². The molecule has 0 saturated carbocycles. The molecule has 0 aliphatic carbocycles. The Hall–Kier alpha value is -2.11. The van der Waals surface area contributed by atoms with Gasteiger partial charge in [0.1, 0.15) is 5.82 Å². The van der Waals surface area contributed by atoms with Crippen LogP contribution in [0.5, 0.6) is 0 Å². The first kappa shape index (κ1) is 16.7. The monoisotopic (exact) mass is 342 g/mol. The highest BCUT2D eigenvalue weighted by atomic mass is 32.2. The molecule has 0 fully saturated rings. The van der Waals surface area contributed by atoms with Crippen molar-refractivity contribution in [2.45, 2.75) is 17.9 Å². The van der Waals surface area contributed by atoms with Gasteiger partial charge in [0.05, 0.1) is 5.52 Å². The second-order valence-electron chi connectivity index (χ2n) is 5.41. The van der Waals surface area contributed by atoms with Crippen LogP contribution in [-0.2, 0) is 6.54 Å². The molecule has 0 aliphatic heterocycles. The maximum atomic E-state index is 13.8. The molecule has 0 radical (unpaired) electrons. The summed E-state index contributed by atoms with van der Waals surface area (Å²) >= 11 is 1.73. The molecule has 0 saturated heterocycles. The lowest BCUT2D eigenvalue weighted by atomic mass is 10.1. The Labute approximate surface area is 144 Å². The van der Waals surface area contributed by atoms with Crippen LogP contribution in [0.3, 0.4) is 0 Å². The van der Waals surface area contributed by atoms with Crippen LogP contribution in [-0.4, -0.2) is 22.5 Å². The van der Waals surface area contributed by atoms with Crippen molar-refractivity contribution in [1.82, 2.24) is 4.98 Å². The number of nitrogens with one attached hydrogen (secondary N) is 1. The van der Waals surface area contributed by atoms with E-state index >= 15 is 0 Å². The van der Waals surface area contributed by atoms with Crippen LogP contribution in [0.25, 0.3) is 10.9 Å². The summed E-state index contributed by atoms with van der Waals surface area (Å²) in [7, 11) is 0. The standard InChI is InChI=1S/C19H19FN2OS/c20-18-9-4-14(19-17(18)3-1-10-21-19)13-22-15-5-7-16(8-6-15)24-12-2-11-23/h1,3-10,22-23H,2,11-13H2. The lowest BCUT2D eigenvalue weighted by molar-refractivity contribution is 0.296. The minimum Gasteiger partial charge on any atom is -0.396 e. The summed E-state index contributed by atoms with van der Waals surface area (Å²) < 4.78 is 13.8. The molecular weight excluding hydrogens is 323 g/mol. The zero-order chi connectivity index (χ0) is 16.8. The lowest BCUT2D eigenvalue weighted by Gasteiger charge is -2.10. The number of benzene rings is 2. The number of fused-ring (bicyclic) bond motifs is 1. The molecule has 24 heavy (non-hydrogen) atoms. The van der Waals surface area contributed by atoms with Crippen LogP contribution in [0.15, 0.2) is 59.6 Å². The molecule has 5 heteroatoms. The maximum absolute atomic E-state index is 13.8. The molecule has 3 aromatic rings. The molecule has 0 bridgehead atoms. The third kappa shape index (κ3) is 4.04. The number of hydrogen-bond donors (Lipinski definition) is 2. The lowest BCUT2D eigenvalue weighted by Crippen LogP contribution is -2.01. The molecule has 0 unspecified atom stereocenters. The van der Waals surface area contributed by atoms with Crippen molar-refractivity contribution in [2.24, 2.45) is 0 Å². The molecule has 3 rings (SSSR count). The fraction of sp³-hybridized carbons (Fsp3) is 0.211. The summed E-state index contributed by atoms with van der Waals surface area (Å²) in [5.74, 6) is 0.669. The van der Waals surface area contributed by atoms with Crippen molar-refractivity contribution in [1.29, 1.82) is 0 Å². The topological polar surface area (TPSA) is 45.1 Å². The normalized spacial score (nSPS) is 10.9. The number of pyridine rings is 1. The van der Waals surface area contributed by atoms with Gasteiger partial charge in [-0.25, -0.2) is 4.39 Å². The molecule has 2 aromatic carbocycles. The Balaban J connectivity index is 1.67. The average Bonchev–Trinajstić information content (AvgIpc) is 2.63. The van der Waals surface area contributed by atoms with Crippen molar-refractivity contribution in [3.8, 4) is 0 Å². The highest BCUT2D eigenvalue weighted by Crippen LogP contribution is 2.23. The van der Waals surface area contributed by atoms with Gasteiger partial charge in [-0.15, -0.1) is 11.8 Å². The first-order chi connectivity index (χ1) is 11.8. The minimum atomic E-state index is -0.244. The fourth-order valence-electron chi connectivity index (χ4n) is 2.46. The van der Waals surface area contributed by atoms with Gasteiger partial charge in [-0.3, -0.25) is 4.98 Å². The van der Waals surface area contributed by atoms with E-state index in [0.29, 0.717) is 17.4 Å². The Morgan fingerprint density at radius 2 is 1.92 bits per heavy atom. The van der Waals surface area contributed by atoms with Crippen LogP contribution in [0.2, 0.25) is 0 Å². The quantitative estimate of drug-likeness (QED) is 0.491. The Morgan fingerprint density at radius 3 is 2.71 bits per heavy atom. The zero-order valence-electron chi connectivity index (χ0n) is 13.2. The first-order valence-electron chi connectivity index (χ1n) is 7.87.